The SMILES string of the molecule is CC(O)(C(=O)OC1CN2CCC1CC2)C1CCCN(c2ccccc2)C1. The van der Waals surface area contributed by atoms with Crippen LogP contribution in [0, 0.1) is 11.8 Å². The summed E-state index contributed by atoms with van der Waals surface area (Å²) in [5.74, 6) is -0.0758. The third kappa shape index (κ3) is 3.47. The van der Waals surface area contributed by atoms with Gasteiger partial charge in [0, 0.05) is 31.2 Å². The van der Waals surface area contributed by atoms with Crippen molar-refractivity contribution >= 4 is 11.7 Å². The molecule has 26 heavy (non-hydrogen) atoms. The largest absolute Gasteiger partial charge is 0.459 e. The van der Waals surface area contributed by atoms with Gasteiger partial charge in [0.05, 0.1) is 0 Å². The quantitative estimate of drug-likeness (QED) is 0.837. The molecule has 4 saturated heterocycles. The number of piperidine rings is 4. The van der Waals surface area contributed by atoms with E-state index in [1.165, 1.54) is 0 Å². The van der Waals surface area contributed by atoms with Gasteiger partial charge in [-0.3, -0.25) is 4.90 Å². The molecule has 0 spiro atoms. The smallest absolute Gasteiger partial charge is 0.338 e. The van der Waals surface area contributed by atoms with Crippen molar-refractivity contribution in [3.63, 3.8) is 0 Å². The van der Waals surface area contributed by atoms with E-state index in [4.69, 9.17) is 4.74 Å². The molecule has 3 unspecified atom stereocenters. The molecule has 0 amide bonds. The summed E-state index contributed by atoms with van der Waals surface area (Å²) in [5.41, 5.74) is -0.279. The number of aliphatic hydroxyl groups is 1. The van der Waals surface area contributed by atoms with E-state index in [0.717, 1.165) is 57.5 Å². The van der Waals surface area contributed by atoms with E-state index < -0.39 is 11.6 Å². The van der Waals surface area contributed by atoms with Crippen molar-refractivity contribution in [1.82, 2.24) is 4.90 Å². The summed E-state index contributed by atoms with van der Waals surface area (Å²) in [7, 11) is 0. The zero-order valence-electron chi connectivity index (χ0n) is 15.6. The summed E-state index contributed by atoms with van der Waals surface area (Å²) in [4.78, 5) is 17.5. The molecule has 1 aromatic rings. The Bertz CT molecular complexity index is 625. The normalized spacial score (nSPS) is 33.5. The van der Waals surface area contributed by atoms with E-state index >= 15 is 0 Å². The number of fused-ring (bicyclic) bond motifs is 3. The summed E-state index contributed by atoms with van der Waals surface area (Å²) in [6.07, 6.45) is 3.98. The van der Waals surface area contributed by atoms with Crippen LogP contribution in [-0.4, -0.2) is 60.4 Å². The minimum absolute atomic E-state index is 0.0507. The Kier molecular flexibility index (Phi) is 4.93. The third-order valence-corrected chi connectivity index (χ3v) is 6.61. The van der Waals surface area contributed by atoms with Gasteiger partial charge >= 0.3 is 5.97 Å². The van der Waals surface area contributed by atoms with Gasteiger partial charge in [0.2, 0.25) is 0 Å². The predicted octanol–water partition coefficient (Wildman–Crippen LogP) is 2.29. The number of benzene rings is 1. The second-order valence-electron chi connectivity index (χ2n) is 8.35. The van der Waals surface area contributed by atoms with Gasteiger partial charge in [-0.15, -0.1) is 0 Å². The minimum atomic E-state index is -1.43. The fourth-order valence-electron chi connectivity index (χ4n) is 4.78. The van der Waals surface area contributed by atoms with Crippen molar-refractivity contribution in [1.29, 1.82) is 0 Å². The lowest BCUT2D eigenvalue weighted by molar-refractivity contribution is -0.184. The number of anilines is 1. The molecule has 1 aromatic carbocycles. The van der Waals surface area contributed by atoms with Crippen LogP contribution in [0.3, 0.4) is 0 Å². The zero-order chi connectivity index (χ0) is 18.1. The average molecular weight is 358 g/mol. The lowest BCUT2D eigenvalue weighted by Gasteiger charge is -2.45. The number of hydrogen-bond acceptors (Lipinski definition) is 5. The highest BCUT2D eigenvalue weighted by Crippen LogP contribution is 2.34. The van der Waals surface area contributed by atoms with Crippen LogP contribution in [0.25, 0.3) is 0 Å². The van der Waals surface area contributed by atoms with E-state index in [1.807, 2.05) is 18.2 Å². The fraction of sp³-hybridized carbons (Fsp3) is 0.667. The Balaban J connectivity index is 1.41. The first-order valence-corrected chi connectivity index (χ1v) is 10.00. The number of esters is 1. The van der Waals surface area contributed by atoms with Gasteiger partial charge in [-0.2, -0.15) is 0 Å². The van der Waals surface area contributed by atoms with Gasteiger partial charge in [0.25, 0.3) is 0 Å². The Labute approximate surface area is 155 Å². The monoisotopic (exact) mass is 358 g/mol. The van der Waals surface area contributed by atoms with Crippen molar-refractivity contribution in [2.24, 2.45) is 11.8 Å². The Morgan fingerprint density at radius 1 is 1.12 bits per heavy atom. The molecule has 3 atom stereocenters. The number of ether oxygens (including phenoxy) is 1. The molecule has 0 radical (unpaired) electrons. The summed E-state index contributed by atoms with van der Waals surface area (Å²) >= 11 is 0. The lowest BCUT2D eigenvalue weighted by Crippen LogP contribution is -2.56. The third-order valence-electron chi connectivity index (χ3n) is 6.61. The molecular weight excluding hydrogens is 328 g/mol. The summed E-state index contributed by atoms with van der Waals surface area (Å²) in [5, 5.41) is 11.1. The van der Waals surface area contributed by atoms with E-state index in [0.29, 0.717) is 12.5 Å². The molecule has 1 N–H and O–H groups in total. The lowest BCUT2D eigenvalue weighted by atomic mass is 9.82. The highest BCUT2D eigenvalue weighted by Gasteiger charge is 2.45. The van der Waals surface area contributed by atoms with Crippen LogP contribution < -0.4 is 4.90 Å². The van der Waals surface area contributed by atoms with Crippen molar-refractivity contribution < 1.29 is 14.6 Å². The van der Waals surface area contributed by atoms with Gasteiger partial charge in [-0.25, -0.2) is 4.79 Å². The molecule has 4 aliphatic rings. The highest BCUT2D eigenvalue weighted by atomic mass is 16.6. The molecule has 142 valence electrons. The van der Waals surface area contributed by atoms with E-state index in [2.05, 4.69) is 21.9 Å². The number of hydrogen-bond donors (Lipinski definition) is 1. The van der Waals surface area contributed by atoms with Crippen LogP contribution in [0.1, 0.15) is 32.6 Å². The second kappa shape index (κ2) is 7.20. The Morgan fingerprint density at radius 3 is 2.50 bits per heavy atom. The highest BCUT2D eigenvalue weighted by molar-refractivity contribution is 5.79. The van der Waals surface area contributed by atoms with Crippen molar-refractivity contribution in [2.75, 3.05) is 37.6 Å². The Hall–Kier alpha value is -1.59. The van der Waals surface area contributed by atoms with Gasteiger partial charge in [0.1, 0.15) is 6.10 Å². The van der Waals surface area contributed by atoms with E-state index in [-0.39, 0.29) is 12.0 Å². The molecule has 4 fully saturated rings. The van der Waals surface area contributed by atoms with E-state index in [9.17, 15) is 9.90 Å². The first-order chi connectivity index (χ1) is 12.5. The number of para-hydroxylation sites is 1. The van der Waals surface area contributed by atoms with Crippen LogP contribution >= 0.6 is 0 Å². The van der Waals surface area contributed by atoms with Crippen molar-refractivity contribution in [3.05, 3.63) is 30.3 Å². The zero-order valence-corrected chi connectivity index (χ0v) is 15.6. The molecule has 5 heteroatoms. The van der Waals surface area contributed by atoms with Gasteiger partial charge in [-0.1, -0.05) is 18.2 Å². The molecule has 0 aliphatic carbocycles. The van der Waals surface area contributed by atoms with Crippen LogP contribution in [0.5, 0.6) is 0 Å². The first-order valence-electron chi connectivity index (χ1n) is 10.00. The number of nitrogens with zero attached hydrogens (tertiary/aromatic N) is 2. The maximum Gasteiger partial charge on any atom is 0.338 e. The van der Waals surface area contributed by atoms with E-state index in [1.54, 1.807) is 6.92 Å². The minimum Gasteiger partial charge on any atom is -0.459 e. The van der Waals surface area contributed by atoms with Gasteiger partial charge in [0.15, 0.2) is 5.60 Å². The topological polar surface area (TPSA) is 53.0 Å². The summed E-state index contributed by atoms with van der Waals surface area (Å²) in [6, 6.07) is 10.2. The second-order valence-corrected chi connectivity index (χ2v) is 8.35. The molecular formula is C21H30N2O3. The molecule has 5 rings (SSSR count). The van der Waals surface area contributed by atoms with Gasteiger partial charge in [-0.05, 0) is 63.7 Å². The Morgan fingerprint density at radius 2 is 1.85 bits per heavy atom. The molecule has 0 aromatic heterocycles. The molecule has 4 aliphatic heterocycles. The van der Waals surface area contributed by atoms with Crippen LogP contribution in [-0.2, 0) is 9.53 Å². The molecule has 5 nitrogen and oxygen atoms in total. The number of carbonyl (C=O) groups is 1. The predicted molar refractivity (Wildman–Crippen MR) is 101 cm³/mol. The number of carbonyl (C=O) groups excluding carboxylic acids is 1. The maximum absolute atomic E-state index is 12.8. The standard InChI is InChI=1S/C21H30N2O3/c1-21(25,20(24)26-19-15-22-12-9-16(19)10-13-22)17-6-5-11-23(14-17)18-7-3-2-4-8-18/h2-4,7-8,16-17,19,25H,5-6,9-15H2,1H3. The van der Waals surface area contributed by atoms with Crippen LogP contribution in [0.15, 0.2) is 30.3 Å². The summed E-state index contributed by atoms with van der Waals surface area (Å²) < 4.78 is 5.84. The summed E-state index contributed by atoms with van der Waals surface area (Å²) in [6.45, 7) is 6.36. The van der Waals surface area contributed by atoms with Crippen molar-refractivity contribution in [2.45, 2.75) is 44.3 Å². The number of rotatable bonds is 4. The van der Waals surface area contributed by atoms with Crippen LogP contribution in [0.4, 0.5) is 5.69 Å². The fourth-order valence-corrected chi connectivity index (χ4v) is 4.78. The van der Waals surface area contributed by atoms with Crippen molar-refractivity contribution in [3.8, 4) is 0 Å². The van der Waals surface area contributed by atoms with Crippen LogP contribution in [0.2, 0.25) is 0 Å². The molecule has 2 bridgehead atoms. The molecule has 0 saturated carbocycles. The first kappa shape index (κ1) is 17.8. The average Bonchev–Trinajstić information content (AvgIpc) is 2.69. The maximum atomic E-state index is 12.8. The van der Waals surface area contributed by atoms with Gasteiger partial charge < -0.3 is 14.7 Å². The molecule has 4 heterocycles.